The van der Waals surface area contributed by atoms with Crippen molar-refractivity contribution < 1.29 is 14.6 Å². The molecule has 9 heteroatoms. The molecule has 1 aromatic heterocycles. The molecule has 0 spiro atoms. The second kappa shape index (κ2) is 10.3. The number of para-hydroxylation sites is 2. The molecule has 0 aliphatic carbocycles. The minimum absolute atomic E-state index is 0.0899. The number of hydrogen-bond acceptors (Lipinski definition) is 6. The molecular weight excluding hydrogens is 516 g/mol. The number of aromatic hydroxyl groups is 1. The quantitative estimate of drug-likeness (QED) is 0.291. The van der Waals surface area contributed by atoms with Crippen molar-refractivity contribution in [3.8, 4) is 28.6 Å². The van der Waals surface area contributed by atoms with Gasteiger partial charge in [-0.05, 0) is 55.8 Å². The number of aryl methyl sites for hydroxylation is 2. The summed E-state index contributed by atoms with van der Waals surface area (Å²) in [5.41, 5.74) is 4.17. The predicted molar refractivity (Wildman–Crippen MR) is 138 cm³/mol. The van der Waals surface area contributed by atoms with Crippen molar-refractivity contribution in [1.82, 2.24) is 14.8 Å². The zero-order valence-electron chi connectivity index (χ0n) is 18.9. The number of hydrogen-bond donors (Lipinski definition) is 2. The van der Waals surface area contributed by atoms with E-state index in [9.17, 15) is 9.90 Å². The van der Waals surface area contributed by atoms with Crippen LogP contribution in [0.1, 0.15) is 11.1 Å². The topological polar surface area (TPSA) is 89.3 Å². The van der Waals surface area contributed by atoms with E-state index in [1.807, 2.05) is 42.7 Å². The average Bonchev–Trinajstić information content (AvgIpc) is 3.23. The van der Waals surface area contributed by atoms with E-state index in [2.05, 4.69) is 37.5 Å². The molecule has 0 aliphatic heterocycles. The number of carbonyl (C=O) groups is 1. The Morgan fingerprint density at radius 1 is 1.12 bits per heavy atom. The number of phenolic OH excluding ortho intramolecular Hbond substituents is 1. The minimum atomic E-state index is -0.198. The molecule has 0 bridgehead atoms. The van der Waals surface area contributed by atoms with Crippen LogP contribution in [0, 0.1) is 13.8 Å². The predicted octanol–water partition coefficient (Wildman–Crippen LogP) is 5.76. The zero-order chi connectivity index (χ0) is 24.2. The summed E-state index contributed by atoms with van der Waals surface area (Å²) in [6.07, 6.45) is 0. The number of rotatable bonds is 7. The minimum Gasteiger partial charge on any atom is -0.507 e. The number of phenols is 1. The lowest BCUT2D eigenvalue weighted by Crippen LogP contribution is -2.15. The van der Waals surface area contributed by atoms with Crippen molar-refractivity contribution >= 4 is 39.3 Å². The van der Waals surface area contributed by atoms with Crippen LogP contribution in [0.15, 0.2) is 70.3 Å². The van der Waals surface area contributed by atoms with Gasteiger partial charge in [0.2, 0.25) is 5.91 Å². The van der Waals surface area contributed by atoms with Gasteiger partial charge in [0.05, 0.1) is 29.8 Å². The molecule has 0 radical (unpaired) electrons. The highest BCUT2D eigenvalue weighted by atomic mass is 79.9. The van der Waals surface area contributed by atoms with Crippen molar-refractivity contribution in [2.45, 2.75) is 19.0 Å². The van der Waals surface area contributed by atoms with Crippen LogP contribution < -0.4 is 10.1 Å². The number of anilines is 1. The Morgan fingerprint density at radius 2 is 1.91 bits per heavy atom. The van der Waals surface area contributed by atoms with Gasteiger partial charge in [0.1, 0.15) is 11.5 Å². The van der Waals surface area contributed by atoms with E-state index in [0.29, 0.717) is 28.0 Å². The first kappa shape index (κ1) is 23.8. The van der Waals surface area contributed by atoms with Crippen LogP contribution in [0.2, 0.25) is 0 Å². The lowest BCUT2D eigenvalue weighted by molar-refractivity contribution is -0.113. The maximum Gasteiger partial charge on any atom is 0.234 e. The molecule has 4 rings (SSSR count). The van der Waals surface area contributed by atoms with Crippen molar-refractivity contribution in [3.05, 3.63) is 76.3 Å². The number of aromatic nitrogens is 3. The molecule has 7 nitrogen and oxygen atoms in total. The highest BCUT2D eigenvalue weighted by Crippen LogP contribution is 2.35. The van der Waals surface area contributed by atoms with E-state index < -0.39 is 0 Å². The summed E-state index contributed by atoms with van der Waals surface area (Å²) in [6.45, 7) is 4.04. The fraction of sp³-hybridized carbons (Fsp3) is 0.160. The largest absolute Gasteiger partial charge is 0.507 e. The second-order valence-electron chi connectivity index (χ2n) is 7.63. The zero-order valence-corrected chi connectivity index (χ0v) is 21.3. The third kappa shape index (κ3) is 5.10. The molecule has 1 heterocycles. The van der Waals surface area contributed by atoms with Crippen LogP contribution in [0.4, 0.5) is 5.69 Å². The summed E-state index contributed by atoms with van der Waals surface area (Å²) in [7, 11) is 1.56. The number of benzene rings is 3. The SMILES string of the molecule is COc1ccccc1NC(=O)CSc1nnc(-c2cc(Br)ccc2O)n1-c1ccc(C)cc1C. The lowest BCUT2D eigenvalue weighted by Gasteiger charge is -2.14. The molecule has 1 amide bonds. The first-order valence-corrected chi connectivity index (χ1v) is 12.2. The molecule has 0 fully saturated rings. The van der Waals surface area contributed by atoms with Crippen LogP contribution in [-0.2, 0) is 4.79 Å². The summed E-state index contributed by atoms with van der Waals surface area (Å²) in [6, 6.07) is 18.5. The average molecular weight is 539 g/mol. The van der Waals surface area contributed by atoms with E-state index in [0.717, 1.165) is 21.3 Å². The van der Waals surface area contributed by atoms with Crippen LogP contribution in [0.25, 0.3) is 17.1 Å². The molecule has 0 atom stereocenters. The molecule has 0 unspecified atom stereocenters. The summed E-state index contributed by atoms with van der Waals surface area (Å²) < 4.78 is 7.99. The normalized spacial score (nSPS) is 10.8. The number of amides is 1. The van der Waals surface area contributed by atoms with Gasteiger partial charge in [-0.2, -0.15) is 0 Å². The lowest BCUT2D eigenvalue weighted by atomic mass is 10.1. The molecule has 0 saturated heterocycles. The molecule has 0 saturated carbocycles. The van der Waals surface area contributed by atoms with Gasteiger partial charge in [-0.1, -0.05) is 57.5 Å². The number of nitrogens with one attached hydrogen (secondary N) is 1. The van der Waals surface area contributed by atoms with Crippen molar-refractivity contribution in [2.75, 3.05) is 18.2 Å². The smallest absolute Gasteiger partial charge is 0.234 e. The Kier molecular flexibility index (Phi) is 7.23. The Morgan fingerprint density at radius 3 is 2.68 bits per heavy atom. The van der Waals surface area contributed by atoms with Gasteiger partial charge in [-0.3, -0.25) is 9.36 Å². The van der Waals surface area contributed by atoms with E-state index in [-0.39, 0.29) is 17.4 Å². The summed E-state index contributed by atoms with van der Waals surface area (Å²) in [4.78, 5) is 12.7. The van der Waals surface area contributed by atoms with Crippen molar-refractivity contribution in [2.24, 2.45) is 0 Å². The van der Waals surface area contributed by atoms with Crippen LogP contribution >= 0.6 is 27.7 Å². The third-order valence-corrected chi connectivity index (χ3v) is 6.56. The molecule has 0 aliphatic rings. The van der Waals surface area contributed by atoms with Crippen molar-refractivity contribution in [3.63, 3.8) is 0 Å². The van der Waals surface area contributed by atoms with Gasteiger partial charge >= 0.3 is 0 Å². The fourth-order valence-corrected chi connectivity index (χ4v) is 4.67. The number of carbonyl (C=O) groups excluding carboxylic acids is 1. The fourth-order valence-electron chi connectivity index (χ4n) is 3.56. The van der Waals surface area contributed by atoms with Gasteiger partial charge in [-0.15, -0.1) is 10.2 Å². The Bertz CT molecular complexity index is 1360. The van der Waals surface area contributed by atoms with E-state index in [4.69, 9.17) is 4.74 Å². The first-order chi connectivity index (χ1) is 16.4. The van der Waals surface area contributed by atoms with Gasteiger partial charge < -0.3 is 15.2 Å². The summed E-state index contributed by atoms with van der Waals surface area (Å²) in [5.74, 6) is 1.08. The van der Waals surface area contributed by atoms with Crippen LogP contribution in [-0.4, -0.2) is 38.6 Å². The van der Waals surface area contributed by atoms with Gasteiger partial charge in [0, 0.05) is 4.47 Å². The van der Waals surface area contributed by atoms with Gasteiger partial charge in [0.15, 0.2) is 11.0 Å². The molecule has 4 aromatic rings. The molecule has 3 aromatic carbocycles. The number of thioether (sulfide) groups is 1. The summed E-state index contributed by atoms with van der Waals surface area (Å²) >= 11 is 4.73. The van der Waals surface area contributed by atoms with Crippen LogP contribution in [0.3, 0.4) is 0 Å². The van der Waals surface area contributed by atoms with E-state index >= 15 is 0 Å². The Hall–Kier alpha value is -3.30. The first-order valence-electron chi connectivity index (χ1n) is 10.4. The van der Waals surface area contributed by atoms with Gasteiger partial charge in [-0.25, -0.2) is 0 Å². The number of nitrogens with zero attached hydrogens (tertiary/aromatic N) is 3. The molecule has 34 heavy (non-hydrogen) atoms. The second-order valence-corrected chi connectivity index (χ2v) is 9.49. The highest BCUT2D eigenvalue weighted by Gasteiger charge is 2.21. The molecule has 2 N–H and O–H groups in total. The third-order valence-electron chi connectivity index (χ3n) is 5.14. The van der Waals surface area contributed by atoms with Crippen molar-refractivity contribution in [1.29, 1.82) is 0 Å². The highest BCUT2D eigenvalue weighted by molar-refractivity contribution is 9.10. The van der Waals surface area contributed by atoms with Crippen LogP contribution in [0.5, 0.6) is 11.5 Å². The maximum atomic E-state index is 12.7. The number of halogens is 1. The Balaban J connectivity index is 1.68. The standard InChI is InChI=1S/C25H23BrN4O3S/c1-15-8-10-20(16(2)12-15)30-24(18-13-17(26)9-11-21(18)31)28-29-25(30)34-14-23(32)27-19-6-4-5-7-22(19)33-3/h4-13,31H,14H2,1-3H3,(H,27,32). The summed E-state index contributed by atoms with van der Waals surface area (Å²) in [5, 5.41) is 22.7. The number of methoxy groups -OCH3 is 1. The Labute approximate surface area is 210 Å². The maximum absolute atomic E-state index is 12.7. The van der Waals surface area contributed by atoms with Gasteiger partial charge in [0.25, 0.3) is 0 Å². The monoisotopic (exact) mass is 538 g/mol. The van der Waals surface area contributed by atoms with E-state index in [1.165, 1.54) is 11.8 Å². The van der Waals surface area contributed by atoms with E-state index in [1.54, 1.807) is 37.4 Å². The molecule has 174 valence electrons. The molecular formula is C25H23BrN4O3S. The number of ether oxygens (including phenoxy) is 1.